The van der Waals surface area contributed by atoms with Gasteiger partial charge in [0, 0.05) is 35.3 Å². The maximum atomic E-state index is 13.3. The van der Waals surface area contributed by atoms with Crippen LogP contribution in [0.4, 0.5) is 0 Å². The summed E-state index contributed by atoms with van der Waals surface area (Å²) in [4.78, 5) is 29.9. The minimum Gasteiger partial charge on any atom is -0.465 e. The van der Waals surface area contributed by atoms with Crippen molar-refractivity contribution in [1.82, 2.24) is 14.0 Å². The Kier molecular flexibility index (Phi) is 4.13. The molecule has 0 N–H and O–H groups in total. The number of aryl methyl sites for hydroxylation is 1. The molecule has 0 saturated carbocycles. The number of ketones is 1. The van der Waals surface area contributed by atoms with E-state index in [1.54, 1.807) is 12.3 Å². The van der Waals surface area contributed by atoms with Gasteiger partial charge in [0.05, 0.1) is 29.4 Å². The fourth-order valence-corrected chi connectivity index (χ4v) is 4.13. The molecule has 5 aromatic rings. The molecule has 0 amide bonds. The molecule has 0 bridgehead atoms. The average molecular weight is 397 g/mol. The molecule has 6 heteroatoms. The smallest absolute Gasteiger partial charge is 0.337 e. The molecule has 5 rings (SSSR count). The van der Waals surface area contributed by atoms with E-state index in [9.17, 15) is 9.59 Å². The monoisotopic (exact) mass is 397 g/mol. The van der Waals surface area contributed by atoms with Gasteiger partial charge in [0.25, 0.3) is 0 Å². The van der Waals surface area contributed by atoms with Crippen LogP contribution in [0.15, 0.2) is 67.0 Å². The van der Waals surface area contributed by atoms with Crippen LogP contribution < -0.4 is 0 Å². The molecule has 0 aliphatic rings. The Bertz CT molecular complexity index is 1440. The zero-order valence-electron chi connectivity index (χ0n) is 16.6. The van der Waals surface area contributed by atoms with Crippen LogP contribution in [-0.2, 0) is 11.3 Å². The third kappa shape index (κ3) is 2.54. The topological polar surface area (TPSA) is 65.6 Å². The summed E-state index contributed by atoms with van der Waals surface area (Å²) in [5.41, 5.74) is 4.22. The molecule has 0 aliphatic carbocycles. The highest BCUT2D eigenvalue weighted by Gasteiger charge is 2.21. The van der Waals surface area contributed by atoms with Crippen LogP contribution >= 0.6 is 0 Å². The summed E-state index contributed by atoms with van der Waals surface area (Å²) in [7, 11) is 1.37. The Morgan fingerprint density at radius 1 is 1.00 bits per heavy atom. The minimum absolute atomic E-state index is 0.0657. The van der Waals surface area contributed by atoms with Crippen molar-refractivity contribution < 1.29 is 14.3 Å². The van der Waals surface area contributed by atoms with Gasteiger partial charge in [-0.2, -0.15) is 0 Å². The Morgan fingerprint density at radius 3 is 2.53 bits per heavy atom. The molecule has 0 radical (unpaired) electrons. The van der Waals surface area contributed by atoms with Crippen molar-refractivity contribution in [3.8, 4) is 0 Å². The van der Waals surface area contributed by atoms with Crippen molar-refractivity contribution in [3.63, 3.8) is 0 Å². The van der Waals surface area contributed by atoms with Crippen LogP contribution in [0.1, 0.15) is 33.3 Å². The van der Waals surface area contributed by atoms with E-state index in [-0.39, 0.29) is 11.8 Å². The van der Waals surface area contributed by atoms with E-state index >= 15 is 0 Å². The number of carbonyl (C=O) groups is 2. The summed E-state index contributed by atoms with van der Waals surface area (Å²) < 4.78 is 8.84. The first kappa shape index (κ1) is 18.1. The molecule has 3 heterocycles. The zero-order chi connectivity index (χ0) is 20.8. The van der Waals surface area contributed by atoms with E-state index in [0.717, 1.165) is 21.8 Å². The normalized spacial score (nSPS) is 11.4. The molecule has 0 aliphatic heterocycles. The number of benzene rings is 2. The number of carbonyl (C=O) groups excluding carboxylic acids is 2. The van der Waals surface area contributed by atoms with E-state index in [1.165, 1.54) is 7.11 Å². The van der Waals surface area contributed by atoms with Crippen molar-refractivity contribution in [2.75, 3.05) is 7.11 Å². The van der Waals surface area contributed by atoms with Crippen molar-refractivity contribution >= 4 is 39.2 Å². The highest BCUT2D eigenvalue weighted by Crippen LogP contribution is 2.33. The number of hydrogen-bond donors (Lipinski definition) is 0. The number of methoxy groups -OCH3 is 1. The SMILES string of the molecule is CCn1c2cc(C(=O)OC)ccc2c2cc(C(=O)c3ccccc3)n3ccnc3c21. The van der Waals surface area contributed by atoms with Gasteiger partial charge in [-0.25, -0.2) is 9.78 Å². The lowest BCUT2D eigenvalue weighted by atomic mass is 10.0. The Balaban J connectivity index is 1.87. The first-order chi connectivity index (χ1) is 14.6. The second kappa shape index (κ2) is 6.84. The fourth-order valence-electron chi connectivity index (χ4n) is 4.13. The van der Waals surface area contributed by atoms with Crippen LogP contribution in [0, 0.1) is 0 Å². The predicted molar refractivity (Wildman–Crippen MR) is 115 cm³/mol. The zero-order valence-corrected chi connectivity index (χ0v) is 16.6. The summed E-state index contributed by atoms with van der Waals surface area (Å²) in [6.07, 6.45) is 3.51. The molecular formula is C24H19N3O3. The van der Waals surface area contributed by atoms with Gasteiger partial charge in [-0.05, 0) is 25.1 Å². The van der Waals surface area contributed by atoms with E-state index < -0.39 is 0 Å². The summed E-state index contributed by atoms with van der Waals surface area (Å²) in [6.45, 7) is 2.74. The van der Waals surface area contributed by atoms with Gasteiger partial charge < -0.3 is 9.30 Å². The average Bonchev–Trinajstić information content (AvgIpc) is 3.40. The Hall–Kier alpha value is -3.93. The summed E-state index contributed by atoms with van der Waals surface area (Å²) >= 11 is 0. The maximum Gasteiger partial charge on any atom is 0.337 e. The van der Waals surface area contributed by atoms with Crippen LogP contribution in [-0.4, -0.2) is 32.8 Å². The number of pyridine rings is 1. The first-order valence-corrected chi connectivity index (χ1v) is 9.74. The van der Waals surface area contributed by atoms with E-state index in [2.05, 4.69) is 9.55 Å². The standard InChI is InChI=1S/C24H19N3O3/c1-3-26-19-13-16(24(29)30-2)9-10-17(19)18-14-20(22(28)15-7-5-4-6-8-15)27-12-11-25-23(27)21(18)26/h4-14H,3H2,1-2H3. The molecule has 0 fully saturated rings. The largest absolute Gasteiger partial charge is 0.465 e. The number of ether oxygens (including phenoxy) is 1. The molecule has 30 heavy (non-hydrogen) atoms. The quantitative estimate of drug-likeness (QED) is 0.331. The Morgan fingerprint density at radius 2 is 1.80 bits per heavy atom. The van der Waals surface area contributed by atoms with Crippen LogP contribution in [0.5, 0.6) is 0 Å². The molecule has 6 nitrogen and oxygen atoms in total. The molecule has 148 valence electrons. The van der Waals surface area contributed by atoms with E-state index in [0.29, 0.717) is 29.0 Å². The lowest BCUT2D eigenvalue weighted by Crippen LogP contribution is -2.08. The minimum atomic E-state index is -0.379. The molecule has 0 atom stereocenters. The fraction of sp³-hybridized carbons (Fsp3) is 0.125. The predicted octanol–water partition coefficient (Wildman–Crippen LogP) is 4.48. The van der Waals surface area contributed by atoms with Crippen molar-refractivity contribution in [2.24, 2.45) is 0 Å². The highest BCUT2D eigenvalue weighted by atomic mass is 16.5. The number of imidazole rings is 1. The van der Waals surface area contributed by atoms with E-state index in [1.807, 2.05) is 66.1 Å². The van der Waals surface area contributed by atoms with Gasteiger partial charge in [0.2, 0.25) is 5.78 Å². The number of fused-ring (bicyclic) bond motifs is 5. The third-order valence-corrected chi connectivity index (χ3v) is 5.50. The van der Waals surface area contributed by atoms with Crippen molar-refractivity contribution in [2.45, 2.75) is 13.5 Å². The summed E-state index contributed by atoms with van der Waals surface area (Å²) in [5, 5.41) is 1.90. The Labute approximate surface area is 172 Å². The molecule has 2 aromatic carbocycles. The van der Waals surface area contributed by atoms with Gasteiger partial charge in [0.15, 0.2) is 5.65 Å². The lowest BCUT2D eigenvalue weighted by Gasteiger charge is -2.09. The molecular weight excluding hydrogens is 378 g/mol. The number of esters is 1. The van der Waals surface area contributed by atoms with Crippen LogP contribution in [0.3, 0.4) is 0 Å². The summed E-state index contributed by atoms with van der Waals surface area (Å²) in [6, 6.07) is 16.6. The van der Waals surface area contributed by atoms with Gasteiger partial charge in [0.1, 0.15) is 0 Å². The number of aromatic nitrogens is 3. The summed E-state index contributed by atoms with van der Waals surface area (Å²) in [5.74, 6) is -0.445. The maximum absolute atomic E-state index is 13.3. The van der Waals surface area contributed by atoms with Gasteiger partial charge >= 0.3 is 5.97 Å². The third-order valence-electron chi connectivity index (χ3n) is 5.50. The second-order valence-electron chi connectivity index (χ2n) is 7.08. The van der Waals surface area contributed by atoms with Crippen molar-refractivity contribution in [3.05, 3.63) is 83.8 Å². The van der Waals surface area contributed by atoms with Crippen LogP contribution in [0.2, 0.25) is 0 Å². The van der Waals surface area contributed by atoms with Gasteiger partial charge in [-0.15, -0.1) is 0 Å². The van der Waals surface area contributed by atoms with Gasteiger partial charge in [-0.3, -0.25) is 9.20 Å². The van der Waals surface area contributed by atoms with Gasteiger partial charge in [-0.1, -0.05) is 36.4 Å². The molecule has 0 saturated heterocycles. The lowest BCUT2D eigenvalue weighted by molar-refractivity contribution is 0.0600. The van der Waals surface area contributed by atoms with Crippen molar-refractivity contribution in [1.29, 1.82) is 0 Å². The molecule has 0 spiro atoms. The highest BCUT2D eigenvalue weighted by molar-refractivity contribution is 6.17. The number of rotatable bonds is 4. The number of nitrogens with zero attached hydrogens (tertiary/aromatic N) is 3. The number of hydrogen-bond acceptors (Lipinski definition) is 4. The molecule has 3 aromatic heterocycles. The second-order valence-corrected chi connectivity index (χ2v) is 7.08. The molecule has 0 unspecified atom stereocenters. The van der Waals surface area contributed by atoms with E-state index in [4.69, 9.17) is 4.74 Å². The first-order valence-electron chi connectivity index (χ1n) is 9.74. The van der Waals surface area contributed by atoms with Crippen LogP contribution in [0.25, 0.3) is 27.5 Å².